The second-order valence-electron chi connectivity index (χ2n) is 6.05. The topological polar surface area (TPSA) is 69.9 Å². The fourth-order valence-corrected chi connectivity index (χ4v) is 2.92. The molecule has 0 unspecified atom stereocenters. The Bertz CT molecular complexity index is 812. The van der Waals surface area contributed by atoms with Crippen molar-refractivity contribution < 1.29 is 19.1 Å². The Balaban J connectivity index is 2.66. The molecular weight excluding hydrogens is 316 g/mol. The monoisotopic (exact) mass is 336 g/mol. The van der Waals surface area contributed by atoms with Crippen molar-refractivity contribution in [2.24, 2.45) is 10.4 Å². The molecule has 0 aliphatic rings. The number of thiazole rings is 1. The van der Waals surface area contributed by atoms with Crippen LogP contribution in [0.2, 0.25) is 0 Å². The van der Waals surface area contributed by atoms with Gasteiger partial charge in [0, 0.05) is 5.41 Å². The summed E-state index contributed by atoms with van der Waals surface area (Å²) in [6.07, 6.45) is 0. The van der Waals surface area contributed by atoms with Gasteiger partial charge >= 0.3 is 5.97 Å². The van der Waals surface area contributed by atoms with Gasteiger partial charge in [0.15, 0.2) is 4.80 Å². The van der Waals surface area contributed by atoms with Crippen LogP contribution in [0.4, 0.5) is 0 Å². The number of fused-ring (bicyclic) bond motifs is 1. The molecule has 0 fully saturated rings. The highest BCUT2D eigenvalue weighted by molar-refractivity contribution is 7.16. The molecule has 7 heteroatoms. The van der Waals surface area contributed by atoms with Crippen LogP contribution in [-0.2, 0) is 20.9 Å². The third-order valence-corrected chi connectivity index (χ3v) is 4.28. The summed E-state index contributed by atoms with van der Waals surface area (Å²) in [7, 11) is 2.92. The van der Waals surface area contributed by atoms with E-state index in [1.54, 1.807) is 38.5 Å². The smallest absolute Gasteiger partial charge is 0.325 e. The highest BCUT2D eigenvalue weighted by Crippen LogP contribution is 2.23. The third-order valence-electron chi connectivity index (χ3n) is 3.24. The van der Waals surface area contributed by atoms with Crippen LogP contribution >= 0.6 is 11.3 Å². The van der Waals surface area contributed by atoms with E-state index in [1.165, 1.54) is 18.4 Å². The second-order valence-corrected chi connectivity index (χ2v) is 7.06. The van der Waals surface area contributed by atoms with Crippen LogP contribution in [-0.4, -0.2) is 30.7 Å². The first kappa shape index (κ1) is 17.2. The maximum atomic E-state index is 12.2. The van der Waals surface area contributed by atoms with Gasteiger partial charge in [-0.1, -0.05) is 32.1 Å². The SMILES string of the molecule is COC(=O)Cn1c(=NC(=O)C(C)(C)C)sc2cc(OC)ccc21. The Morgan fingerprint density at radius 1 is 1.26 bits per heavy atom. The molecule has 0 saturated heterocycles. The number of rotatable bonds is 3. The van der Waals surface area contributed by atoms with E-state index in [2.05, 4.69) is 4.99 Å². The molecule has 0 radical (unpaired) electrons. The van der Waals surface area contributed by atoms with Gasteiger partial charge < -0.3 is 14.0 Å². The lowest BCUT2D eigenvalue weighted by Gasteiger charge is -2.11. The largest absolute Gasteiger partial charge is 0.497 e. The fraction of sp³-hybridized carbons (Fsp3) is 0.438. The lowest BCUT2D eigenvalue weighted by molar-refractivity contribution is -0.141. The highest BCUT2D eigenvalue weighted by Gasteiger charge is 2.21. The van der Waals surface area contributed by atoms with Gasteiger partial charge in [-0.2, -0.15) is 4.99 Å². The summed E-state index contributed by atoms with van der Waals surface area (Å²) in [5.74, 6) is 0.0671. The Morgan fingerprint density at radius 2 is 1.96 bits per heavy atom. The summed E-state index contributed by atoms with van der Waals surface area (Å²) in [5, 5.41) is 0. The van der Waals surface area contributed by atoms with Crippen LogP contribution in [0.5, 0.6) is 5.75 Å². The minimum atomic E-state index is -0.586. The van der Waals surface area contributed by atoms with Crippen LogP contribution in [0.1, 0.15) is 20.8 Å². The summed E-state index contributed by atoms with van der Waals surface area (Å²) in [6, 6.07) is 5.50. The van der Waals surface area contributed by atoms with E-state index in [9.17, 15) is 9.59 Å². The molecule has 0 atom stereocenters. The van der Waals surface area contributed by atoms with Crippen molar-refractivity contribution in [1.29, 1.82) is 0 Å². The number of hydrogen-bond donors (Lipinski definition) is 0. The molecule has 1 aromatic heterocycles. The van der Waals surface area contributed by atoms with Crippen LogP contribution in [0.15, 0.2) is 23.2 Å². The molecular formula is C16H20N2O4S. The molecule has 1 heterocycles. The Hall–Kier alpha value is -2.15. The van der Waals surface area contributed by atoms with E-state index in [1.807, 2.05) is 12.1 Å². The predicted molar refractivity (Wildman–Crippen MR) is 88.4 cm³/mol. The molecule has 1 aromatic carbocycles. The normalized spacial score (nSPS) is 12.5. The number of amides is 1. The Morgan fingerprint density at radius 3 is 2.52 bits per heavy atom. The zero-order chi connectivity index (χ0) is 17.2. The molecule has 0 N–H and O–H groups in total. The minimum Gasteiger partial charge on any atom is -0.497 e. The van der Waals surface area contributed by atoms with E-state index in [-0.39, 0.29) is 12.5 Å². The molecule has 2 aromatic rings. The van der Waals surface area contributed by atoms with E-state index < -0.39 is 11.4 Å². The zero-order valence-electron chi connectivity index (χ0n) is 13.9. The first-order valence-corrected chi connectivity index (χ1v) is 7.91. The first-order valence-electron chi connectivity index (χ1n) is 7.09. The molecule has 0 bridgehead atoms. The average molecular weight is 336 g/mol. The van der Waals surface area contributed by atoms with Gasteiger partial charge in [0.25, 0.3) is 5.91 Å². The van der Waals surface area contributed by atoms with Crippen molar-refractivity contribution in [2.45, 2.75) is 27.3 Å². The van der Waals surface area contributed by atoms with Crippen molar-refractivity contribution in [2.75, 3.05) is 14.2 Å². The molecule has 0 aliphatic carbocycles. The number of hydrogen-bond acceptors (Lipinski definition) is 5. The van der Waals surface area contributed by atoms with E-state index in [0.717, 1.165) is 10.2 Å². The van der Waals surface area contributed by atoms with Gasteiger partial charge in [-0.25, -0.2) is 0 Å². The van der Waals surface area contributed by atoms with Crippen molar-refractivity contribution in [3.63, 3.8) is 0 Å². The second kappa shape index (κ2) is 6.54. The molecule has 124 valence electrons. The summed E-state index contributed by atoms with van der Waals surface area (Å²) >= 11 is 1.34. The predicted octanol–water partition coefficient (Wildman–Crippen LogP) is 2.36. The van der Waals surface area contributed by atoms with Gasteiger partial charge in [-0.05, 0) is 18.2 Å². The van der Waals surface area contributed by atoms with Gasteiger partial charge in [0.05, 0.1) is 24.4 Å². The van der Waals surface area contributed by atoms with Gasteiger partial charge in [-0.15, -0.1) is 0 Å². The molecule has 0 aliphatic heterocycles. The number of esters is 1. The lowest BCUT2D eigenvalue weighted by Crippen LogP contribution is -2.26. The van der Waals surface area contributed by atoms with Gasteiger partial charge in [0.1, 0.15) is 12.3 Å². The van der Waals surface area contributed by atoms with Crippen LogP contribution < -0.4 is 9.54 Å². The number of ether oxygens (including phenoxy) is 2. The highest BCUT2D eigenvalue weighted by atomic mass is 32.1. The summed E-state index contributed by atoms with van der Waals surface area (Å²) in [4.78, 5) is 28.6. The maximum absolute atomic E-state index is 12.2. The Labute approximate surface area is 138 Å². The van der Waals surface area contributed by atoms with Crippen molar-refractivity contribution in [3.8, 4) is 5.75 Å². The lowest BCUT2D eigenvalue weighted by atomic mass is 9.96. The summed E-state index contributed by atoms with van der Waals surface area (Å²) < 4.78 is 12.5. The number of benzene rings is 1. The number of aromatic nitrogens is 1. The standard InChI is InChI=1S/C16H20N2O4S/c1-16(2,3)14(20)17-15-18(9-13(19)22-5)11-7-6-10(21-4)8-12(11)23-15/h6-8H,9H2,1-5H3. The molecule has 2 rings (SSSR count). The summed E-state index contributed by atoms with van der Waals surface area (Å²) in [5.41, 5.74) is 0.221. The zero-order valence-corrected chi connectivity index (χ0v) is 14.7. The van der Waals surface area contributed by atoms with Gasteiger partial charge in [-0.3, -0.25) is 9.59 Å². The number of nitrogens with zero attached hydrogens (tertiary/aromatic N) is 2. The fourth-order valence-electron chi connectivity index (χ4n) is 1.87. The van der Waals surface area contributed by atoms with E-state index in [0.29, 0.717) is 10.6 Å². The molecule has 23 heavy (non-hydrogen) atoms. The number of methoxy groups -OCH3 is 2. The van der Waals surface area contributed by atoms with E-state index in [4.69, 9.17) is 9.47 Å². The maximum Gasteiger partial charge on any atom is 0.325 e. The number of carbonyl (C=O) groups is 2. The van der Waals surface area contributed by atoms with Crippen LogP contribution in [0.3, 0.4) is 0 Å². The Kier molecular flexibility index (Phi) is 4.89. The van der Waals surface area contributed by atoms with E-state index >= 15 is 0 Å². The molecule has 0 saturated carbocycles. The average Bonchev–Trinajstić information content (AvgIpc) is 2.82. The molecule has 1 amide bonds. The molecule has 6 nitrogen and oxygen atoms in total. The van der Waals surface area contributed by atoms with Crippen molar-refractivity contribution in [3.05, 3.63) is 23.0 Å². The van der Waals surface area contributed by atoms with Crippen molar-refractivity contribution in [1.82, 2.24) is 4.57 Å². The number of carbonyl (C=O) groups excluding carboxylic acids is 2. The van der Waals surface area contributed by atoms with Gasteiger partial charge in [0.2, 0.25) is 0 Å². The first-order chi connectivity index (χ1) is 10.8. The summed E-state index contributed by atoms with van der Waals surface area (Å²) in [6.45, 7) is 5.42. The quantitative estimate of drug-likeness (QED) is 0.807. The van der Waals surface area contributed by atoms with Crippen LogP contribution in [0, 0.1) is 5.41 Å². The third kappa shape index (κ3) is 3.79. The van der Waals surface area contributed by atoms with Crippen LogP contribution in [0.25, 0.3) is 10.2 Å². The molecule has 0 spiro atoms. The minimum absolute atomic E-state index is 0.000908. The van der Waals surface area contributed by atoms with Crippen molar-refractivity contribution >= 4 is 33.4 Å².